The summed E-state index contributed by atoms with van der Waals surface area (Å²) >= 11 is 0. The fourth-order valence-corrected chi connectivity index (χ4v) is 2.43. The van der Waals surface area contributed by atoms with Gasteiger partial charge in [0.15, 0.2) is 6.61 Å². The lowest BCUT2D eigenvalue weighted by atomic mass is 10.1. The summed E-state index contributed by atoms with van der Waals surface area (Å²) in [6, 6.07) is 9.91. The molecule has 7 nitrogen and oxygen atoms in total. The number of anilines is 1. The fourth-order valence-electron chi connectivity index (χ4n) is 2.43. The monoisotopic (exact) mass is 359 g/mol. The van der Waals surface area contributed by atoms with Crippen molar-refractivity contribution in [2.45, 2.75) is 6.92 Å². The Kier molecular flexibility index (Phi) is 6.06. The van der Waals surface area contributed by atoms with E-state index in [4.69, 9.17) is 19.3 Å². The Hall–Kier alpha value is -3.22. The highest BCUT2D eigenvalue weighted by Gasteiger charge is 2.18. The summed E-state index contributed by atoms with van der Waals surface area (Å²) in [5.74, 6) is 0.261. The minimum absolute atomic E-state index is 0.235. The van der Waals surface area contributed by atoms with E-state index in [-0.39, 0.29) is 5.91 Å². The SMILES string of the molecule is COc1cc(C(=O)N(C)c2ccc(OCC(=O)O)cc2)cc(OC)c1C. The van der Waals surface area contributed by atoms with E-state index in [0.717, 1.165) is 5.56 Å². The zero-order chi connectivity index (χ0) is 19.3. The van der Waals surface area contributed by atoms with Crippen molar-refractivity contribution in [2.24, 2.45) is 0 Å². The van der Waals surface area contributed by atoms with E-state index in [1.165, 1.54) is 19.1 Å². The molecule has 0 radical (unpaired) electrons. The van der Waals surface area contributed by atoms with Crippen molar-refractivity contribution in [3.05, 3.63) is 47.5 Å². The van der Waals surface area contributed by atoms with Crippen molar-refractivity contribution in [3.63, 3.8) is 0 Å². The maximum absolute atomic E-state index is 12.8. The second kappa shape index (κ2) is 8.24. The molecule has 7 heteroatoms. The van der Waals surface area contributed by atoms with Crippen LogP contribution in [-0.4, -0.2) is 44.9 Å². The lowest BCUT2D eigenvalue weighted by molar-refractivity contribution is -0.139. The zero-order valence-corrected chi connectivity index (χ0v) is 15.1. The molecule has 138 valence electrons. The molecule has 2 aromatic rings. The van der Waals surface area contributed by atoms with Crippen LogP contribution in [0.1, 0.15) is 15.9 Å². The summed E-state index contributed by atoms with van der Waals surface area (Å²) in [7, 11) is 4.72. The lowest BCUT2D eigenvalue weighted by Crippen LogP contribution is -2.26. The molecule has 0 unspecified atom stereocenters. The molecule has 0 fully saturated rings. The van der Waals surface area contributed by atoms with Crippen molar-refractivity contribution < 1.29 is 28.9 Å². The summed E-state index contributed by atoms with van der Waals surface area (Å²) in [6.07, 6.45) is 0. The minimum Gasteiger partial charge on any atom is -0.496 e. The number of carbonyl (C=O) groups excluding carboxylic acids is 1. The Labute approximate surface area is 151 Å². The van der Waals surface area contributed by atoms with E-state index in [1.807, 2.05) is 6.92 Å². The Balaban J connectivity index is 2.22. The second-order valence-electron chi connectivity index (χ2n) is 5.55. The Morgan fingerprint density at radius 2 is 1.58 bits per heavy atom. The number of ether oxygens (including phenoxy) is 3. The second-order valence-corrected chi connectivity index (χ2v) is 5.55. The van der Waals surface area contributed by atoms with E-state index >= 15 is 0 Å². The van der Waals surface area contributed by atoms with E-state index in [0.29, 0.717) is 28.5 Å². The highest BCUT2D eigenvalue weighted by molar-refractivity contribution is 6.06. The fraction of sp³-hybridized carbons (Fsp3) is 0.263. The van der Waals surface area contributed by atoms with Gasteiger partial charge in [-0.15, -0.1) is 0 Å². The molecule has 2 aromatic carbocycles. The zero-order valence-electron chi connectivity index (χ0n) is 15.1. The highest BCUT2D eigenvalue weighted by Crippen LogP contribution is 2.30. The summed E-state index contributed by atoms with van der Waals surface area (Å²) < 4.78 is 15.7. The van der Waals surface area contributed by atoms with Gasteiger partial charge < -0.3 is 24.2 Å². The first-order valence-corrected chi connectivity index (χ1v) is 7.82. The smallest absolute Gasteiger partial charge is 0.341 e. The quantitative estimate of drug-likeness (QED) is 0.818. The Bertz CT molecular complexity index is 775. The van der Waals surface area contributed by atoms with Crippen molar-refractivity contribution in [3.8, 4) is 17.2 Å². The molecule has 2 rings (SSSR count). The molecule has 0 aliphatic carbocycles. The summed E-state index contributed by atoms with van der Waals surface area (Å²) in [5.41, 5.74) is 1.88. The van der Waals surface area contributed by atoms with E-state index < -0.39 is 12.6 Å². The number of rotatable bonds is 7. The van der Waals surface area contributed by atoms with Gasteiger partial charge in [0.05, 0.1) is 14.2 Å². The topological polar surface area (TPSA) is 85.3 Å². The van der Waals surface area contributed by atoms with Crippen LogP contribution in [0.2, 0.25) is 0 Å². The first-order valence-electron chi connectivity index (χ1n) is 7.82. The number of methoxy groups -OCH3 is 2. The average Bonchev–Trinajstić information content (AvgIpc) is 2.65. The maximum Gasteiger partial charge on any atom is 0.341 e. The summed E-state index contributed by atoms with van der Waals surface area (Å²) in [4.78, 5) is 24.8. The third-order valence-electron chi connectivity index (χ3n) is 3.89. The van der Waals surface area contributed by atoms with Gasteiger partial charge in [-0.05, 0) is 43.3 Å². The van der Waals surface area contributed by atoms with E-state index in [2.05, 4.69) is 0 Å². The van der Waals surface area contributed by atoms with Gasteiger partial charge in [-0.25, -0.2) is 4.79 Å². The Morgan fingerprint density at radius 3 is 2.04 bits per heavy atom. The highest BCUT2D eigenvalue weighted by atomic mass is 16.5. The molecule has 0 aromatic heterocycles. The standard InChI is InChI=1S/C19H21NO6/c1-12-16(24-3)9-13(10-17(12)25-4)19(23)20(2)14-5-7-15(8-6-14)26-11-18(21)22/h5-10H,11H2,1-4H3,(H,21,22). The van der Waals surface area contributed by atoms with Crippen LogP contribution in [-0.2, 0) is 4.79 Å². The van der Waals surface area contributed by atoms with Gasteiger partial charge in [0.25, 0.3) is 5.91 Å². The number of hydrogen-bond acceptors (Lipinski definition) is 5. The van der Waals surface area contributed by atoms with E-state index in [9.17, 15) is 9.59 Å². The summed E-state index contributed by atoms with van der Waals surface area (Å²) in [5, 5.41) is 8.62. The predicted molar refractivity (Wildman–Crippen MR) is 96.6 cm³/mol. The molecule has 1 amide bonds. The van der Waals surface area contributed by atoms with Gasteiger partial charge in [0, 0.05) is 23.9 Å². The number of nitrogens with zero attached hydrogens (tertiary/aromatic N) is 1. The molecule has 1 N–H and O–H groups in total. The lowest BCUT2D eigenvalue weighted by Gasteiger charge is -2.19. The van der Waals surface area contributed by atoms with Gasteiger partial charge in [-0.2, -0.15) is 0 Å². The molecular formula is C19H21NO6. The van der Waals surface area contributed by atoms with E-state index in [1.54, 1.807) is 43.4 Å². The Morgan fingerprint density at radius 1 is 1.04 bits per heavy atom. The number of carboxylic acid groups (broad SMARTS) is 1. The van der Waals surface area contributed by atoms with Crippen molar-refractivity contribution >= 4 is 17.6 Å². The van der Waals surface area contributed by atoms with Crippen molar-refractivity contribution in [2.75, 3.05) is 32.8 Å². The molecule has 26 heavy (non-hydrogen) atoms. The van der Waals surface area contributed by atoms with Gasteiger partial charge in [-0.3, -0.25) is 4.79 Å². The van der Waals surface area contributed by atoms with Gasteiger partial charge in [0.2, 0.25) is 0 Å². The third-order valence-corrected chi connectivity index (χ3v) is 3.89. The predicted octanol–water partition coefficient (Wildman–Crippen LogP) is 2.75. The van der Waals surface area contributed by atoms with Gasteiger partial charge in [0.1, 0.15) is 17.2 Å². The number of carboxylic acids is 1. The number of carbonyl (C=O) groups is 2. The molecule has 0 bridgehead atoms. The first-order chi connectivity index (χ1) is 12.4. The largest absolute Gasteiger partial charge is 0.496 e. The van der Waals surface area contributed by atoms with Crippen LogP contribution in [0.5, 0.6) is 17.2 Å². The molecule has 0 saturated heterocycles. The van der Waals surface area contributed by atoms with Crippen molar-refractivity contribution in [1.29, 1.82) is 0 Å². The first kappa shape index (κ1) is 19.1. The molecule has 0 spiro atoms. The summed E-state index contributed by atoms with van der Waals surface area (Å²) in [6.45, 7) is 1.43. The molecule has 0 heterocycles. The molecule has 0 aliphatic rings. The van der Waals surface area contributed by atoms with Crippen LogP contribution in [0.4, 0.5) is 5.69 Å². The van der Waals surface area contributed by atoms with Gasteiger partial charge in [-0.1, -0.05) is 0 Å². The third kappa shape index (κ3) is 4.24. The van der Waals surface area contributed by atoms with Crippen LogP contribution in [0, 0.1) is 6.92 Å². The maximum atomic E-state index is 12.8. The number of aliphatic carboxylic acids is 1. The normalized spacial score (nSPS) is 10.2. The van der Waals surface area contributed by atoms with Crippen molar-refractivity contribution in [1.82, 2.24) is 0 Å². The average molecular weight is 359 g/mol. The molecule has 0 saturated carbocycles. The van der Waals surface area contributed by atoms with Crippen LogP contribution in [0.3, 0.4) is 0 Å². The molecule has 0 aliphatic heterocycles. The molecular weight excluding hydrogens is 338 g/mol. The minimum atomic E-state index is -1.05. The molecule has 0 atom stereocenters. The van der Waals surface area contributed by atoms with Crippen LogP contribution >= 0.6 is 0 Å². The number of hydrogen-bond donors (Lipinski definition) is 1. The van der Waals surface area contributed by atoms with Crippen LogP contribution in [0.25, 0.3) is 0 Å². The van der Waals surface area contributed by atoms with Crippen LogP contribution in [0.15, 0.2) is 36.4 Å². The van der Waals surface area contributed by atoms with Crippen LogP contribution < -0.4 is 19.1 Å². The van der Waals surface area contributed by atoms with Gasteiger partial charge >= 0.3 is 5.97 Å². The number of amides is 1. The number of benzene rings is 2.